The summed E-state index contributed by atoms with van der Waals surface area (Å²) in [6.07, 6.45) is 2.96. The van der Waals surface area contributed by atoms with Crippen molar-refractivity contribution in [2.75, 3.05) is 24.5 Å². The zero-order chi connectivity index (χ0) is 16.9. The smallest absolute Gasteiger partial charge is 0.131 e. The molecule has 0 bridgehead atoms. The van der Waals surface area contributed by atoms with Gasteiger partial charge < -0.3 is 15.3 Å². The number of aliphatic hydroxyl groups excluding tert-OH is 1. The van der Waals surface area contributed by atoms with Crippen LogP contribution in [0.4, 0.5) is 14.6 Å². The lowest BCUT2D eigenvalue weighted by atomic mass is 10.1. The van der Waals surface area contributed by atoms with E-state index < -0.39 is 17.7 Å². The summed E-state index contributed by atoms with van der Waals surface area (Å²) in [6, 6.07) is 7.52. The largest absolute Gasteiger partial charge is 0.387 e. The lowest BCUT2D eigenvalue weighted by molar-refractivity contribution is 0.164. The molecule has 0 aliphatic carbocycles. The summed E-state index contributed by atoms with van der Waals surface area (Å²) in [4.78, 5) is 6.70. The maximum Gasteiger partial charge on any atom is 0.131 e. The van der Waals surface area contributed by atoms with Crippen LogP contribution < -0.4 is 10.2 Å². The van der Waals surface area contributed by atoms with Gasteiger partial charge in [-0.25, -0.2) is 13.8 Å². The Labute approximate surface area is 140 Å². The molecule has 24 heavy (non-hydrogen) atoms. The molecule has 2 N–H and O–H groups in total. The maximum atomic E-state index is 13.6. The molecule has 3 rings (SSSR count). The van der Waals surface area contributed by atoms with Crippen molar-refractivity contribution in [2.45, 2.75) is 25.5 Å². The van der Waals surface area contributed by atoms with E-state index in [9.17, 15) is 13.9 Å². The molecule has 1 aliphatic heterocycles. The molecule has 1 atom stereocenters. The Hall–Kier alpha value is -2.05. The van der Waals surface area contributed by atoms with Gasteiger partial charge in [-0.15, -0.1) is 0 Å². The standard InChI is InChI=1S/C18H21F2N3O/c19-14-4-3-5-15(20)18(14)16(24)12-21-10-13-6-7-17(22-11-13)23-8-1-2-9-23/h3-7,11,16,21,24H,1-2,8-10,12H2. The minimum Gasteiger partial charge on any atom is -0.387 e. The highest BCUT2D eigenvalue weighted by Crippen LogP contribution is 2.20. The third-order valence-electron chi connectivity index (χ3n) is 4.24. The SMILES string of the molecule is OC(CNCc1ccc(N2CCCC2)nc1)c1c(F)cccc1F. The van der Waals surface area contributed by atoms with E-state index in [0.717, 1.165) is 36.6 Å². The van der Waals surface area contributed by atoms with E-state index in [-0.39, 0.29) is 12.1 Å². The van der Waals surface area contributed by atoms with Crippen LogP contribution in [0.15, 0.2) is 36.5 Å². The highest BCUT2D eigenvalue weighted by molar-refractivity contribution is 5.40. The van der Waals surface area contributed by atoms with Crippen molar-refractivity contribution in [3.63, 3.8) is 0 Å². The molecular formula is C18H21F2N3O. The van der Waals surface area contributed by atoms with Crippen molar-refractivity contribution in [3.8, 4) is 0 Å². The summed E-state index contributed by atoms with van der Waals surface area (Å²) in [7, 11) is 0. The maximum absolute atomic E-state index is 13.6. The molecule has 1 aromatic heterocycles. The number of anilines is 1. The number of aromatic nitrogens is 1. The Morgan fingerprint density at radius 3 is 2.46 bits per heavy atom. The van der Waals surface area contributed by atoms with Gasteiger partial charge in [-0.05, 0) is 36.6 Å². The van der Waals surface area contributed by atoms with Crippen LogP contribution in [-0.4, -0.2) is 29.7 Å². The summed E-state index contributed by atoms with van der Waals surface area (Å²) in [6.45, 7) is 2.63. The molecule has 2 aromatic rings. The molecule has 0 saturated carbocycles. The van der Waals surface area contributed by atoms with Gasteiger partial charge in [0.1, 0.15) is 17.5 Å². The molecular weight excluding hydrogens is 312 g/mol. The Bertz CT molecular complexity index is 652. The highest BCUT2D eigenvalue weighted by Gasteiger charge is 2.17. The van der Waals surface area contributed by atoms with Crippen molar-refractivity contribution in [2.24, 2.45) is 0 Å². The molecule has 128 valence electrons. The summed E-state index contributed by atoms with van der Waals surface area (Å²) >= 11 is 0. The van der Waals surface area contributed by atoms with Gasteiger partial charge in [0.25, 0.3) is 0 Å². The zero-order valence-corrected chi connectivity index (χ0v) is 13.4. The molecule has 0 radical (unpaired) electrons. The van der Waals surface area contributed by atoms with Gasteiger partial charge in [0.2, 0.25) is 0 Å². The number of halogens is 2. The fourth-order valence-electron chi connectivity index (χ4n) is 2.94. The van der Waals surface area contributed by atoms with E-state index in [1.54, 1.807) is 6.20 Å². The molecule has 1 saturated heterocycles. The molecule has 4 nitrogen and oxygen atoms in total. The van der Waals surface area contributed by atoms with E-state index in [2.05, 4.69) is 15.2 Å². The number of nitrogens with one attached hydrogen (secondary N) is 1. The van der Waals surface area contributed by atoms with Crippen LogP contribution in [0.2, 0.25) is 0 Å². The van der Waals surface area contributed by atoms with E-state index >= 15 is 0 Å². The second kappa shape index (κ2) is 7.68. The first-order valence-electron chi connectivity index (χ1n) is 8.17. The Morgan fingerprint density at radius 1 is 1.12 bits per heavy atom. The molecule has 1 fully saturated rings. The predicted molar refractivity (Wildman–Crippen MR) is 88.7 cm³/mol. The van der Waals surface area contributed by atoms with Crippen molar-refractivity contribution >= 4 is 5.82 Å². The number of benzene rings is 1. The fraction of sp³-hybridized carbons (Fsp3) is 0.389. The number of hydrogen-bond acceptors (Lipinski definition) is 4. The second-order valence-corrected chi connectivity index (χ2v) is 6.00. The lowest BCUT2D eigenvalue weighted by Crippen LogP contribution is -2.23. The summed E-state index contributed by atoms with van der Waals surface area (Å²) in [5.41, 5.74) is 0.659. The molecule has 0 spiro atoms. The van der Waals surface area contributed by atoms with Gasteiger partial charge in [0, 0.05) is 32.4 Å². The first-order valence-corrected chi connectivity index (χ1v) is 8.17. The minimum absolute atomic E-state index is 0.0612. The Balaban J connectivity index is 1.52. The van der Waals surface area contributed by atoms with Crippen molar-refractivity contribution in [1.82, 2.24) is 10.3 Å². The second-order valence-electron chi connectivity index (χ2n) is 6.00. The predicted octanol–water partition coefficient (Wildman–Crippen LogP) is 2.78. The summed E-state index contributed by atoms with van der Waals surface area (Å²) < 4.78 is 27.2. The summed E-state index contributed by atoms with van der Waals surface area (Å²) in [5.74, 6) is -0.494. The number of nitrogens with zero attached hydrogens (tertiary/aromatic N) is 2. The van der Waals surface area contributed by atoms with Crippen LogP contribution in [0, 0.1) is 11.6 Å². The normalized spacial score (nSPS) is 15.7. The van der Waals surface area contributed by atoms with Crippen LogP contribution >= 0.6 is 0 Å². The van der Waals surface area contributed by atoms with Gasteiger partial charge in [-0.1, -0.05) is 12.1 Å². The number of hydrogen-bond donors (Lipinski definition) is 2. The van der Waals surface area contributed by atoms with Gasteiger partial charge in [-0.2, -0.15) is 0 Å². The first-order chi connectivity index (χ1) is 11.6. The Morgan fingerprint density at radius 2 is 1.83 bits per heavy atom. The van der Waals surface area contributed by atoms with Crippen molar-refractivity contribution in [3.05, 3.63) is 59.3 Å². The van der Waals surface area contributed by atoms with Crippen molar-refractivity contribution in [1.29, 1.82) is 0 Å². The van der Waals surface area contributed by atoms with Crippen LogP contribution in [-0.2, 0) is 6.54 Å². The van der Waals surface area contributed by atoms with Crippen molar-refractivity contribution < 1.29 is 13.9 Å². The summed E-state index contributed by atoms with van der Waals surface area (Å²) in [5, 5.41) is 13.0. The van der Waals surface area contributed by atoms with E-state index in [1.807, 2.05) is 12.1 Å². The third-order valence-corrected chi connectivity index (χ3v) is 4.24. The van der Waals surface area contributed by atoms with Gasteiger partial charge in [0.05, 0.1) is 11.7 Å². The molecule has 0 amide bonds. The van der Waals surface area contributed by atoms with Crippen LogP contribution in [0.3, 0.4) is 0 Å². The Kier molecular flexibility index (Phi) is 5.37. The number of rotatable bonds is 6. The number of aliphatic hydroxyl groups is 1. The van der Waals surface area contributed by atoms with Crippen LogP contribution in [0.25, 0.3) is 0 Å². The average molecular weight is 333 g/mol. The fourth-order valence-corrected chi connectivity index (χ4v) is 2.94. The number of pyridine rings is 1. The molecule has 1 unspecified atom stereocenters. The van der Waals surface area contributed by atoms with Gasteiger partial charge >= 0.3 is 0 Å². The highest BCUT2D eigenvalue weighted by atomic mass is 19.1. The molecule has 2 heterocycles. The average Bonchev–Trinajstić information content (AvgIpc) is 3.10. The first kappa shape index (κ1) is 16.8. The monoisotopic (exact) mass is 333 g/mol. The van der Waals surface area contributed by atoms with E-state index in [1.165, 1.54) is 18.9 Å². The van der Waals surface area contributed by atoms with E-state index in [4.69, 9.17) is 0 Å². The minimum atomic E-state index is -1.23. The zero-order valence-electron chi connectivity index (χ0n) is 13.4. The molecule has 1 aliphatic rings. The van der Waals surface area contributed by atoms with Crippen LogP contribution in [0.1, 0.15) is 30.1 Å². The van der Waals surface area contributed by atoms with E-state index in [0.29, 0.717) is 6.54 Å². The quantitative estimate of drug-likeness (QED) is 0.853. The van der Waals surface area contributed by atoms with Gasteiger partial charge in [0.15, 0.2) is 0 Å². The molecule has 1 aromatic carbocycles. The third kappa shape index (κ3) is 3.88. The topological polar surface area (TPSA) is 48.4 Å². The molecule has 6 heteroatoms. The lowest BCUT2D eigenvalue weighted by Gasteiger charge is -2.17. The van der Waals surface area contributed by atoms with Crippen LogP contribution in [0.5, 0.6) is 0 Å². The van der Waals surface area contributed by atoms with Gasteiger partial charge in [-0.3, -0.25) is 0 Å².